The monoisotopic (exact) mass is 268 g/mol. The number of nitrogens with one attached hydrogen (secondary N) is 1. The molecular weight excluding hydrogens is 248 g/mol. The third-order valence-corrected chi connectivity index (χ3v) is 5.03. The largest absolute Gasteiger partial charge is 0.326 e. The number of benzene rings is 1. The maximum absolute atomic E-state index is 12.3. The van der Waals surface area contributed by atoms with Crippen molar-refractivity contribution in [1.82, 2.24) is 4.72 Å². The predicted octanol–water partition coefficient (Wildman–Crippen LogP) is 1.76. The van der Waals surface area contributed by atoms with Crippen LogP contribution in [0.15, 0.2) is 29.2 Å². The fourth-order valence-corrected chi connectivity index (χ4v) is 3.99. The average molecular weight is 268 g/mol. The molecule has 1 aromatic carbocycles. The lowest BCUT2D eigenvalue weighted by atomic mass is 9.96. The van der Waals surface area contributed by atoms with Crippen LogP contribution in [-0.4, -0.2) is 14.5 Å². The zero-order valence-electron chi connectivity index (χ0n) is 10.4. The van der Waals surface area contributed by atoms with Gasteiger partial charge in [-0.2, -0.15) is 0 Å². The summed E-state index contributed by atoms with van der Waals surface area (Å²) >= 11 is 0. The van der Waals surface area contributed by atoms with E-state index >= 15 is 0 Å². The molecule has 3 N–H and O–H groups in total. The molecule has 0 amide bonds. The zero-order valence-corrected chi connectivity index (χ0v) is 11.2. The topological polar surface area (TPSA) is 72.2 Å². The Bertz CT molecular complexity index is 493. The Labute approximate surface area is 109 Å². The summed E-state index contributed by atoms with van der Waals surface area (Å²) < 4.78 is 27.4. The van der Waals surface area contributed by atoms with Gasteiger partial charge < -0.3 is 5.73 Å². The Hall–Kier alpha value is -0.910. The summed E-state index contributed by atoms with van der Waals surface area (Å²) in [5, 5.41) is 0. The molecule has 1 aliphatic carbocycles. The standard InChI is InChI=1S/C13H20N2O2S/c14-10-11-6-4-5-9-13(11)18(16,17)15-12-7-2-1-3-8-12/h4-6,9,12,15H,1-3,7-8,10,14H2. The Kier molecular flexibility index (Phi) is 4.37. The highest BCUT2D eigenvalue weighted by Crippen LogP contribution is 2.21. The molecule has 1 aliphatic rings. The lowest BCUT2D eigenvalue weighted by Crippen LogP contribution is -2.36. The predicted molar refractivity (Wildman–Crippen MR) is 71.5 cm³/mol. The van der Waals surface area contributed by atoms with Crippen LogP contribution in [0.4, 0.5) is 0 Å². The van der Waals surface area contributed by atoms with E-state index in [0.29, 0.717) is 10.5 Å². The van der Waals surface area contributed by atoms with Crippen molar-refractivity contribution in [3.05, 3.63) is 29.8 Å². The van der Waals surface area contributed by atoms with Crippen molar-refractivity contribution in [3.63, 3.8) is 0 Å². The molecule has 0 heterocycles. The van der Waals surface area contributed by atoms with Gasteiger partial charge in [0.1, 0.15) is 0 Å². The minimum atomic E-state index is -3.43. The molecule has 1 saturated carbocycles. The third kappa shape index (κ3) is 3.10. The van der Waals surface area contributed by atoms with Gasteiger partial charge >= 0.3 is 0 Å². The highest BCUT2D eigenvalue weighted by atomic mass is 32.2. The Morgan fingerprint density at radius 1 is 1.17 bits per heavy atom. The third-order valence-electron chi connectivity index (χ3n) is 3.41. The van der Waals surface area contributed by atoms with E-state index in [1.54, 1.807) is 18.2 Å². The molecule has 0 atom stereocenters. The molecule has 1 fully saturated rings. The quantitative estimate of drug-likeness (QED) is 0.874. The van der Waals surface area contributed by atoms with Crippen LogP contribution in [-0.2, 0) is 16.6 Å². The van der Waals surface area contributed by atoms with E-state index in [1.807, 2.05) is 6.07 Å². The summed E-state index contributed by atoms with van der Waals surface area (Å²) in [4.78, 5) is 0.318. The maximum atomic E-state index is 12.3. The van der Waals surface area contributed by atoms with E-state index in [2.05, 4.69) is 4.72 Å². The van der Waals surface area contributed by atoms with Crippen LogP contribution in [0.5, 0.6) is 0 Å². The number of hydrogen-bond acceptors (Lipinski definition) is 3. The molecule has 1 aromatic rings. The minimum Gasteiger partial charge on any atom is -0.326 e. The fraction of sp³-hybridized carbons (Fsp3) is 0.538. The second kappa shape index (κ2) is 5.82. The minimum absolute atomic E-state index is 0.0783. The number of hydrogen-bond donors (Lipinski definition) is 2. The molecule has 4 nitrogen and oxygen atoms in total. The normalized spacial score (nSPS) is 17.8. The SMILES string of the molecule is NCc1ccccc1S(=O)(=O)NC1CCCCC1. The Morgan fingerprint density at radius 2 is 1.83 bits per heavy atom. The average Bonchev–Trinajstić information content (AvgIpc) is 2.39. The summed E-state index contributed by atoms with van der Waals surface area (Å²) in [5.74, 6) is 0. The number of rotatable bonds is 4. The van der Waals surface area contributed by atoms with Gasteiger partial charge in [-0.25, -0.2) is 13.1 Å². The molecule has 0 unspecified atom stereocenters. The van der Waals surface area contributed by atoms with Crippen LogP contribution >= 0.6 is 0 Å². The molecular formula is C13H20N2O2S. The second-order valence-electron chi connectivity index (χ2n) is 4.77. The molecule has 5 heteroatoms. The molecule has 0 aromatic heterocycles. The van der Waals surface area contributed by atoms with Crippen LogP contribution in [0.1, 0.15) is 37.7 Å². The first-order valence-corrected chi connectivity index (χ1v) is 7.92. The summed E-state index contributed by atoms with van der Waals surface area (Å²) in [5.41, 5.74) is 6.26. The maximum Gasteiger partial charge on any atom is 0.241 e. The van der Waals surface area contributed by atoms with E-state index in [4.69, 9.17) is 5.73 Å². The van der Waals surface area contributed by atoms with Gasteiger partial charge in [0.15, 0.2) is 0 Å². The zero-order chi connectivity index (χ0) is 13.0. The van der Waals surface area contributed by atoms with E-state index in [9.17, 15) is 8.42 Å². The molecule has 2 rings (SSSR count). The van der Waals surface area contributed by atoms with E-state index in [-0.39, 0.29) is 12.6 Å². The van der Waals surface area contributed by atoms with Crippen molar-refractivity contribution >= 4 is 10.0 Å². The van der Waals surface area contributed by atoms with E-state index in [1.165, 1.54) is 6.42 Å². The van der Waals surface area contributed by atoms with Gasteiger partial charge in [-0.3, -0.25) is 0 Å². The lowest BCUT2D eigenvalue weighted by molar-refractivity contribution is 0.412. The van der Waals surface area contributed by atoms with Crippen molar-refractivity contribution in [1.29, 1.82) is 0 Å². The van der Waals surface area contributed by atoms with Crippen molar-refractivity contribution in [2.24, 2.45) is 5.73 Å². The molecule has 18 heavy (non-hydrogen) atoms. The van der Waals surface area contributed by atoms with E-state index < -0.39 is 10.0 Å². The van der Waals surface area contributed by atoms with Gasteiger partial charge in [-0.05, 0) is 24.5 Å². The summed E-state index contributed by atoms with van der Waals surface area (Å²) in [6.45, 7) is 0.238. The van der Waals surface area contributed by atoms with Gasteiger partial charge in [0, 0.05) is 12.6 Å². The number of nitrogens with two attached hydrogens (primary N) is 1. The Morgan fingerprint density at radius 3 is 2.50 bits per heavy atom. The molecule has 0 bridgehead atoms. The number of sulfonamides is 1. The first-order chi connectivity index (χ1) is 8.63. The van der Waals surface area contributed by atoms with Crippen LogP contribution in [0.2, 0.25) is 0 Å². The van der Waals surface area contributed by atoms with Gasteiger partial charge in [-0.1, -0.05) is 37.5 Å². The van der Waals surface area contributed by atoms with Gasteiger partial charge in [0.05, 0.1) is 4.90 Å². The van der Waals surface area contributed by atoms with Gasteiger partial charge in [0.2, 0.25) is 10.0 Å². The van der Waals surface area contributed by atoms with Crippen molar-refractivity contribution in [2.45, 2.75) is 49.6 Å². The van der Waals surface area contributed by atoms with Crippen LogP contribution in [0.25, 0.3) is 0 Å². The molecule has 0 saturated heterocycles. The van der Waals surface area contributed by atoms with Gasteiger partial charge in [0.25, 0.3) is 0 Å². The molecule has 0 radical (unpaired) electrons. The molecule has 100 valence electrons. The fourth-order valence-electron chi connectivity index (χ4n) is 2.44. The summed E-state index contributed by atoms with van der Waals surface area (Å²) in [6.07, 6.45) is 5.28. The van der Waals surface area contributed by atoms with Crippen LogP contribution in [0, 0.1) is 0 Å². The first kappa shape index (κ1) is 13.5. The van der Waals surface area contributed by atoms with Gasteiger partial charge in [-0.15, -0.1) is 0 Å². The second-order valence-corrected chi connectivity index (χ2v) is 6.45. The van der Waals surface area contributed by atoms with Crippen molar-refractivity contribution < 1.29 is 8.42 Å². The summed E-state index contributed by atoms with van der Waals surface area (Å²) in [7, 11) is -3.43. The smallest absolute Gasteiger partial charge is 0.241 e. The molecule has 0 spiro atoms. The molecule has 0 aliphatic heterocycles. The van der Waals surface area contributed by atoms with Crippen LogP contribution in [0.3, 0.4) is 0 Å². The highest BCUT2D eigenvalue weighted by molar-refractivity contribution is 7.89. The Balaban J connectivity index is 2.19. The lowest BCUT2D eigenvalue weighted by Gasteiger charge is -2.23. The van der Waals surface area contributed by atoms with Crippen molar-refractivity contribution in [2.75, 3.05) is 0 Å². The first-order valence-electron chi connectivity index (χ1n) is 6.44. The van der Waals surface area contributed by atoms with E-state index in [0.717, 1.165) is 25.7 Å². The highest BCUT2D eigenvalue weighted by Gasteiger charge is 2.23. The van der Waals surface area contributed by atoms with Crippen LogP contribution < -0.4 is 10.5 Å². The summed E-state index contributed by atoms with van der Waals surface area (Å²) in [6, 6.07) is 6.99. The van der Waals surface area contributed by atoms with Crippen molar-refractivity contribution in [3.8, 4) is 0 Å².